The normalized spacial score (nSPS) is 20.4. The first-order valence-corrected chi connectivity index (χ1v) is 8.72. The van der Waals surface area contributed by atoms with E-state index in [0.29, 0.717) is 30.6 Å². The van der Waals surface area contributed by atoms with Crippen molar-refractivity contribution in [3.8, 4) is 11.5 Å². The van der Waals surface area contributed by atoms with Crippen molar-refractivity contribution < 1.29 is 14.3 Å². The zero-order valence-electron chi connectivity index (χ0n) is 13.8. The number of piperidine rings is 1. The highest BCUT2D eigenvalue weighted by Crippen LogP contribution is 2.31. The molecule has 2 heterocycles. The van der Waals surface area contributed by atoms with Gasteiger partial charge in [0, 0.05) is 24.7 Å². The molecule has 0 radical (unpaired) electrons. The van der Waals surface area contributed by atoms with Crippen LogP contribution >= 0.6 is 12.4 Å². The Kier molecular flexibility index (Phi) is 5.51. The van der Waals surface area contributed by atoms with Crippen molar-refractivity contribution in [2.75, 3.05) is 32.8 Å². The first-order chi connectivity index (χ1) is 11.3. The number of nitrogens with one attached hydrogen (secondary N) is 1. The number of benzene rings is 1. The molecule has 3 aliphatic rings. The summed E-state index contributed by atoms with van der Waals surface area (Å²) in [6.45, 7) is 3.93. The Bertz CT molecular complexity index is 584. The van der Waals surface area contributed by atoms with Crippen molar-refractivity contribution in [1.82, 2.24) is 10.2 Å². The fourth-order valence-electron chi connectivity index (χ4n) is 3.30. The molecule has 0 spiro atoms. The van der Waals surface area contributed by atoms with Gasteiger partial charge in [-0.1, -0.05) is 0 Å². The standard InChI is InChI=1S/C18H24N2O3.ClH/c21-18(14-3-4-16-17(11-14)23-10-9-22-16)20-7-5-15(6-8-20)19-12-13-1-2-13;/h3-4,11,13,15,19H,1-2,5-10,12H2;1H. The maximum atomic E-state index is 12.7. The van der Waals surface area contributed by atoms with Crippen LogP contribution in [0.4, 0.5) is 0 Å². The van der Waals surface area contributed by atoms with Gasteiger partial charge in [-0.25, -0.2) is 0 Å². The van der Waals surface area contributed by atoms with E-state index in [1.165, 1.54) is 12.8 Å². The number of carbonyl (C=O) groups excluding carboxylic acids is 1. The Morgan fingerprint density at radius 3 is 2.50 bits per heavy atom. The van der Waals surface area contributed by atoms with E-state index in [1.54, 1.807) is 0 Å². The third-order valence-corrected chi connectivity index (χ3v) is 4.96. The van der Waals surface area contributed by atoms with E-state index in [-0.39, 0.29) is 18.3 Å². The van der Waals surface area contributed by atoms with Crippen LogP contribution in [-0.2, 0) is 0 Å². The van der Waals surface area contributed by atoms with Gasteiger partial charge in [0.25, 0.3) is 5.91 Å². The molecule has 132 valence electrons. The van der Waals surface area contributed by atoms with Gasteiger partial charge in [0.05, 0.1) is 0 Å². The minimum Gasteiger partial charge on any atom is -0.486 e. The van der Waals surface area contributed by atoms with Crippen molar-refractivity contribution >= 4 is 18.3 Å². The van der Waals surface area contributed by atoms with Crippen LogP contribution in [0.15, 0.2) is 18.2 Å². The van der Waals surface area contributed by atoms with E-state index in [0.717, 1.165) is 44.1 Å². The third-order valence-electron chi connectivity index (χ3n) is 4.96. The number of hydrogen-bond acceptors (Lipinski definition) is 4. The van der Waals surface area contributed by atoms with Gasteiger partial charge in [0.1, 0.15) is 13.2 Å². The van der Waals surface area contributed by atoms with E-state index < -0.39 is 0 Å². The summed E-state index contributed by atoms with van der Waals surface area (Å²) in [6, 6.07) is 6.06. The summed E-state index contributed by atoms with van der Waals surface area (Å²) < 4.78 is 11.1. The van der Waals surface area contributed by atoms with Crippen molar-refractivity contribution in [3.05, 3.63) is 23.8 Å². The van der Waals surface area contributed by atoms with Gasteiger partial charge in [-0.2, -0.15) is 0 Å². The van der Waals surface area contributed by atoms with Crippen LogP contribution in [0.25, 0.3) is 0 Å². The highest BCUT2D eigenvalue weighted by atomic mass is 35.5. The maximum absolute atomic E-state index is 12.7. The zero-order chi connectivity index (χ0) is 15.6. The molecule has 5 nitrogen and oxygen atoms in total. The van der Waals surface area contributed by atoms with Crippen LogP contribution in [0.3, 0.4) is 0 Å². The summed E-state index contributed by atoms with van der Waals surface area (Å²) in [6.07, 6.45) is 4.86. The summed E-state index contributed by atoms with van der Waals surface area (Å²) in [5.41, 5.74) is 0.693. The average Bonchev–Trinajstić information content (AvgIpc) is 3.44. The monoisotopic (exact) mass is 352 g/mol. The minimum absolute atomic E-state index is 0. The molecule has 0 aromatic heterocycles. The van der Waals surface area contributed by atoms with Gasteiger partial charge >= 0.3 is 0 Å². The van der Waals surface area contributed by atoms with Crippen LogP contribution < -0.4 is 14.8 Å². The maximum Gasteiger partial charge on any atom is 0.253 e. The summed E-state index contributed by atoms with van der Waals surface area (Å²) in [7, 11) is 0. The molecule has 1 aromatic carbocycles. The molecule has 1 saturated carbocycles. The van der Waals surface area contributed by atoms with Gasteiger partial charge in [-0.05, 0) is 56.3 Å². The van der Waals surface area contributed by atoms with Gasteiger partial charge in [-0.15, -0.1) is 12.4 Å². The molecule has 1 N–H and O–H groups in total. The number of ether oxygens (including phenoxy) is 2. The van der Waals surface area contributed by atoms with Crippen LogP contribution in [-0.4, -0.2) is 49.7 Å². The predicted octanol–water partition coefficient (Wildman–Crippen LogP) is 2.48. The summed E-state index contributed by atoms with van der Waals surface area (Å²) in [4.78, 5) is 14.6. The molecule has 2 aliphatic heterocycles. The molecule has 1 amide bonds. The topological polar surface area (TPSA) is 50.8 Å². The number of rotatable bonds is 4. The van der Waals surface area contributed by atoms with Crippen LogP contribution in [0.5, 0.6) is 11.5 Å². The van der Waals surface area contributed by atoms with Crippen molar-refractivity contribution in [3.63, 3.8) is 0 Å². The van der Waals surface area contributed by atoms with Crippen molar-refractivity contribution in [1.29, 1.82) is 0 Å². The SMILES string of the molecule is Cl.O=C(c1ccc2c(c1)OCCO2)N1CCC(NCC2CC2)CC1. The van der Waals surface area contributed by atoms with Crippen LogP contribution in [0.2, 0.25) is 0 Å². The zero-order valence-corrected chi connectivity index (χ0v) is 14.6. The Balaban J connectivity index is 0.00000169. The van der Waals surface area contributed by atoms with Gasteiger partial charge in [-0.3, -0.25) is 4.79 Å². The second kappa shape index (κ2) is 7.62. The summed E-state index contributed by atoms with van der Waals surface area (Å²) >= 11 is 0. The lowest BCUT2D eigenvalue weighted by Gasteiger charge is -2.32. The largest absolute Gasteiger partial charge is 0.486 e. The predicted molar refractivity (Wildman–Crippen MR) is 94.3 cm³/mol. The number of carbonyl (C=O) groups is 1. The molecular weight excluding hydrogens is 328 g/mol. The van der Waals surface area contributed by atoms with Crippen LogP contribution in [0.1, 0.15) is 36.0 Å². The molecule has 24 heavy (non-hydrogen) atoms. The molecule has 1 saturated heterocycles. The lowest BCUT2D eigenvalue weighted by atomic mass is 10.0. The lowest BCUT2D eigenvalue weighted by Crippen LogP contribution is -2.45. The second-order valence-corrected chi connectivity index (χ2v) is 6.78. The number of nitrogens with zero attached hydrogens (tertiary/aromatic N) is 1. The van der Waals surface area contributed by atoms with Crippen molar-refractivity contribution in [2.24, 2.45) is 5.92 Å². The van der Waals surface area contributed by atoms with E-state index >= 15 is 0 Å². The fourth-order valence-corrected chi connectivity index (χ4v) is 3.30. The molecule has 6 heteroatoms. The Morgan fingerprint density at radius 2 is 1.79 bits per heavy atom. The van der Waals surface area contributed by atoms with Gasteiger partial charge < -0.3 is 19.7 Å². The summed E-state index contributed by atoms with van der Waals surface area (Å²) in [5.74, 6) is 2.42. The first-order valence-electron chi connectivity index (χ1n) is 8.72. The second-order valence-electron chi connectivity index (χ2n) is 6.78. The molecule has 4 rings (SSSR count). The first kappa shape index (κ1) is 17.4. The molecule has 0 unspecified atom stereocenters. The Morgan fingerprint density at radius 1 is 1.08 bits per heavy atom. The summed E-state index contributed by atoms with van der Waals surface area (Å²) in [5, 5.41) is 3.65. The molecule has 1 aliphatic carbocycles. The van der Waals surface area contributed by atoms with Crippen LogP contribution in [0, 0.1) is 5.92 Å². The third kappa shape index (κ3) is 3.95. The fraction of sp³-hybridized carbons (Fsp3) is 0.611. The smallest absolute Gasteiger partial charge is 0.253 e. The number of likely N-dealkylation sites (tertiary alicyclic amines) is 1. The van der Waals surface area contributed by atoms with E-state index in [1.807, 2.05) is 23.1 Å². The number of halogens is 1. The lowest BCUT2D eigenvalue weighted by molar-refractivity contribution is 0.0704. The van der Waals surface area contributed by atoms with Gasteiger partial charge in [0.2, 0.25) is 0 Å². The number of amides is 1. The van der Waals surface area contributed by atoms with Crippen molar-refractivity contribution in [2.45, 2.75) is 31.7 Å². The number of fused-ring (bicyclic) bond motifs is 1. The average molecular weight is 353 g/mol. The molecule has 2 fully saturated rings. The van der Waals surface area contributed by atoms with E-state index in [2.05, 4.69) is 5.32 Å². The Labute approximate surface area is 149 Å². The Hall–Kier alpha value is -1.46. The van der Waals surface area contributed by atoms with E-state index in [9.17, 15) is 4.79 Å². The molecule has 1 aromatic rings. The van der Waals surface area contributed by atoms with Gasteiger partial charge in [0.15, 0.2) is 11.5 Å². The minimum atomic E-state index is 0. The molecule has 0 bridgehead atoms. The highest BCUT2D eigenvalue weighted by Gasteiger charge is 2.27. The molecule has 0 atom stereocenters. The number of hydrogen-bond donors (Lipinski definition) is 1. The quantitative estimate of drug-likeness (QED) is 0.904. The highest BCUT2D eigenvalue weighted by molar-refractivity contribution is 5.95. The molecular formula is C18H25ClN2O3. The van der Waals surface area contributed by atoms with E-state index in [4.69, 9.17) is 9.47 Å².